The molecule has 34 valence electrons. The minimum atomic E-state index is -2.33. The van der Waals surface area contributed by atoms with Crippen molar-refractivity contribution in [1.29, 1.82) is 0 Å². The van der Waals surface area contributed by atoms with Gasteiger partial charge in [-0.2, -0.15) is 0 Å². The molecule has 0 aromatic heterocycles. The summed E-state index contributed by atoms with van der Waals surface area (Å²) in [4.78, 5) is 8.33. The molecule has 0 atom stereocenters. The van der Waals surface area contributed by atoms with E-state index < -0.39 is 6.16 Å². The van der Waals surface area contributed by atoms with Gasteiger partial charge in [0.25, 0.3) is 0 Å². The zero-order valence-corrected chi connectivity index (χ0v) is 7.21. The summed E-state index contributed by atoms with van der Waals surface area (Å²) in [5.41, 5.74) is 0. The summed E-state index contributed by atoms with van der Waals surface area (Å²) in [6, 6.07) is 0. The molecule has 0 saturated carbocycles. The van der Waals surface area contributed by atoms with Crippen LogP contribution in [0.25, 0.3) is 0 Å². The normalized spacial score (nSPS) is 3.43. The molecule has 0 heterocycles. The molecule has 0 unspecified atom stereocenters. The number of carbonyl (C=O) groups excluding carboxylic acids is 1. The van der Waals surface area contributed by atoms with E-state index in [1.54, 1.807) is 0 Å². The van der Waals surface area contributed by atoms with Crippen LogP contribution < -0.4 is 10.2 Å². The fourth-order valence-corrected chi connectivity index (χ4v) is 0. The van der Waals surface area contributed by atoms with Crippen molar-refractivity contribution >= 4 is 29.2 Å². The molecule has 0 aromatic rings. The first-order valence-electron chi connectivity index (χ1n) is 0.612. The Morgan fingerprint density at radius 1 is 1.29 bits per heavy atom. The van der Waals surface area contributed by atoms with Gasteiger partial charge < -0.3 is 20.5 Å². The van der Waals surface area contributed by atoms with E-state index in [1.807, 2.05) is 0 Å². The Kier molecular flexibility index (Phi) is 55.9. The molecular weight excluding hydrogens is 192 g/mol. The molecule has 0 fully saturated rings. The van der Waals surface area contributed by atoms with Crippen LogP contribution in [0.5, 0.6) is 0 Å². The van der Waals surface area contributed by atoms with Gasteiger partial charge in [-0.25, -0.2) is 0 Å². The SMILES string of the molecule is O=C([O-])[O-].[Mg].[O-2].[Zr+4]. The second-order valence-electron chi connectivity index (χ2n) is 0.250. The molecule has 0 spiro atoms. The smallest absolute Gasteiger partial charge is 2.00 e. The van der Waals surface area contributed by atoms with Gasteiger partial charge in [-0.05, 0) is 6.16 Å². The Balaban J connectivity index is -0.0000000150. The Morgan fingerprint density at radius 3 is 1.29 bits per heavy atom. The Labute approximate surface area is 75.5 Å². The number of carboxylic acid groups (broad SMARTS) is 2. The monoisotopic (exact) mass is 190 g/mol. The van der Waals surface area contributed by atoms with Crippen molar-refractivity contribution in [2.24, 2.45) is 0 Å². The predicted molar refractivity (Wildman–Crippen MR) is 11.8 cm³/mol. The molecule has 7 heavy (non-hydrogen) atoms. The van der Waals surface area contributed by atoms with Crippen LogP contribution in [0.2, 0.25) is 0 Å². The van der Waals surface area contributed by atoms with E-state index in [-0.39, 0.29) is 54.7 Å². The van der Waals surface area contributed by atoms with Crippen molar-refractivity contribution in [3.8, 4) is 0 Å². The molecule has 0 aliphatic rings. The van der Waals surface area contributed by atoms with Crippen LogP contribution >= 0.6 is 0 Å². The zero-order chi connectivity index (χ0) is 3.58. The minimum absolute atomic E-state index is 0. The van der Waals surface area contributed by atoms with Gasteiger partial charge in [0.15, 0.2) is 0 Å². The van der Waals surface area contributed by atoms with Gasteiger partial charge in [0.05, 0.1) is 0 Å². The maximum absolute atomic E-state index is 8.33. The maximum Gasteiger partial charge on any atom is 4.00 e. The van der Waals surface area contributed by atoms with E-state index in [1.165, 1.54) is 0 Å². The van der Waals surface area contributed by atoms with Crippen LogP contribution in [0, 0.1) is 0 Å². The Bertz CT molecular complexity index is 34.7. The van der Waals surface area contributed by atoms with Crippen LogP contribution in [0.4, 0.5) is 4.79 Å². The van der Waals surface area contributed by atoms with Crippen molar-refractivity contribution < 1.29 is 46.7 Å². The van der Waals surface area contributed by atoms with Crippen molar-refractivity contribution in [2.75, 3.05) is 0 Å². The molecule has 6 heteroatoms. The molecule has 0 aliphatic heterocycles. The molecule has 0 saturated heterocycles. The third-order valence-electron chi connectivity index (χ3n) is 0. The van der Waals surface area contributed by atoms with Gasteiger partial charge >= 0.3 is 26.2 Å². The van der Waals surface area contributed by atoms with Gasteiger partial charge in [-0.1, -0.05) is 0 Å². The van der Waals surface area contributed by atoms with Gasteiger partial charge in [0.1, 0.15) is 0 Å². The third-order valence-corrected chi connectivity index (χ3v) is 0. The van der Waals surface area contributed by atoms with Crippen molar-refractivity contribution in [3.05, 3.63) is 0 Å². The molecule has 0 aromatic carbocycles. The van der Waals surface area contributed by atoms with Gasteiger partial charge in [0, 0.05) is 23.1 Å². The van der Waals surface area contributed by atoms with Crippen LogP contribution in [-0.4, -0.2) is 29.2 Å². The first-order chi connectivity index (χ1) is 1.73. The van der Waals surface area contributed by atoms with E-state index in [4.69, 9.17) is 15.0 Å². The summed E-state index contributed by atoms with van der Waals surface area (Å²) in [7, 11) is 0. The fourth-order valence-electron chi connectivity index (χ4n) is 0. The van der Waals surface area contributed by atoms with Crippen LogP contribution in [0.3, 0.4) is 0 Å². The second kappa shape index (κ2) is 15.8. The average molecular weight is 192 g/mol. The van der Waals surface area contributed by atoms with E-state index in [0.717, 1.165) is 0 Å². The summed E-state index contributed by atoms with van der Waals surface area (Å²) in [6.45, 7) is 0. The minimum Gasteiger partial charge on any atom is -2.00 e. The van der Waals surface area contributed by atoms with Gasteiger partial charge in [-0.15, -0.1) is 0 Å². The van der Waals surface area contributed by atoms with E-state index in [2.05, 4.69) is 0 Å². The molecule has 0 aliphatic carbocycles. The topological polar surface area (TPSA) is 91.7 Å². The van der Waals surface area contributed by atoms with E-state index in [0.29, 0.717) is 0 Å². The summed E-state index contributed by atoms with van der Waals surface area (Å²) in [5.74, 6) is 0. The van der Waals surface area contributed by atoms with Crippen LogP contribution in [0.1, 0.15) is 0 Å². The zero-order valence-electron chi connectivity index (χ0n) is 3.34. The molecule has 0 amide bonds. The predicted octanol–water partition coefficient (Wildman–Crippen LogP) is -2.95. The number of rotatable bonds is 0. The van der Waals surface area contributed by atoms with Crippen LogP contribution in [0.15, 0.2) is 0 Å². The van der Waals surface area contributed by atoms with Crippen molar-refractivity contribution in [3.63, 3.8) is 0 Å². The van der Waals surface area contributed by atoms with Gasteiger partial charge in [-0.3, -0.25) is 0 Å². The van der Waals surface area contributed by atoms with Gasteiger partial charge in [0.2, 0.25) is 0 Å². The maximum atomic E-state index is 8.33. The fraction of sp³-hybridized carbons (Fsp3) is 0. The van der Waals surface area contributed by atoms with Crippen molar-refractivity contribution in [2.45, 2.75) is 0 Å². The summed E-state index contributed by atoms with van der Waals surface area (Å²) >= 11 is 0. The quantitative estimate of drug-likeness (QED) is 0.383. The molecule has 2 radical (unpaired) electrons. The number of hydrogen-bond acceptors (Lipinski definition) is 3. The summed E-state index contributed by atoms with van der Waals surface area (Å²) < 4.78 is 0. The molecular formula is CMgO4Zr. The summed E-state index contributed by atoms with van der Waals surface area (Å²) in [6.07, 6.45) is -2.33. The third kappa shape index (κ3) is 212. The first-order valence-corrected chi connectivity index (χ1v) is 0.612. The molecule has 0 bridgehead atoms. The Hall–Kier alpha value is 0.879. The molecule has 4 nitrogen and oxygen atoms in total. The standard InChI is InChI=1S/CH2O3.Mg.O.Zr/c2-1(3)4;;;/h(H2,2,3,4);;;/q;;-2;+4/p-2. The first kappa shape index (κ1) is 24.8. The number of carbonyl (C=O) groups is 1. The van der Waals surface area contributed by atoms with E-state index >= 15 is 0 Å². The van der Waals surface area contributed by atoms with E-state index in [9.17, 15) is 0 Å². The van der Waals surface area contributed by atoms with Crippen molar-refractivity contribution in [1.82, 2.24) is 0 Å². The summed E-state index contributed by atoms with van der Waals surface area (Å²) in [5, 5.41) is 16.7. The average Bonchev–Trinajstić information content (AvgIpc) is 0.811. The second-order valence-corrected chi connectivity index (χ2v) is 0.250. The molecule has 0 N–H and O–H groups in total. The Morgan fingerprint density at radius 2 is 1.29 bits per heavy atom. The molecule has 0 rings (SSSR count). The van der Waals surface area contributed by atoms with Crippen LogP contribution in [-0.2, 0) is 31.7 Å². The largest absolute Gasteiger partial charge is 4.00 e. The number of hydrogen-bond donors (Lipinski definition) is 0.